The minimum absolute atomic E-state index is 0.370. The van der Waals surface area contributed by atoms with E-state index in [2.05, 4.69) is 38.2 Å². The third-order valence-corrected chi connectivity index (χ3v) is 5.14. The lowest BCUT2D eigenvalue weighted by molar-refractivity contribution is 0.223. The van der Waals surface area contributed by atoms with Gasteiger partial charge in [0.15, 0.2) is 0 Å². The number of hydrogen-bond donors (Lipinski definition) is 2. The van der Waals surface area contributed by atoms with Crippen LogP contribution in [0.2, 0.25) is 0 Å². The van der Waals surface area contributed by atoms with Crippen molar-refractivity contribution in [2.24, 2.45) is 10.7 Å². The van der Waals surface area contributed by atoms with Crippen molar-refractivity contribution in [3.05, 3.63) is 52.7 Å². The van der Waals surface area contributed by atoms with Gasteiger partial charge in [-0.2, -0.15) is 0 Å². The molecule has 1 aliphatic heterocycles. The second kappa shape index (κ2) is 9.60. The zero-order valence-corrected chi connectivity index (χ0v) is 17.8. The number of nitrogens with one attached hydrogen (secondary N) is 1. The average Bonchev–Trinajstić information content (AvgIpc) is 2.67. The first-order valence-corrected chi connectivity index (χ1v) is 10.1. The number of aliphatic imine (C=N–C) groups is 1. The molecule has 2 aromatic heterocycles. The Morgan fingerprint density at radius 1 is 1.31 bits per heavy atom. The third-order valence-electron chi connectivity index (χ3n) is 5.14. The predicted molar refractivity (Wildman–Crippen MR) is 119 cm³/mol. The Hall–Kier alpha value is -2.80. The molecule has 0 radical (unpaired) electrons. The number of nitrogens with zero attached hydrogens (tertiary/aromatic N) is 5. The fraction of sp³-hybridized carbons (Fsp3) is 0.455. The van der Waals surface area contributed by atoms with E-state index in [1.807, 2.05) is 32.2 Å². The summed E-state index contributed by atoms with van der Waals surface area (Å²) >= 11 is 0. The third kappa shape index (κ3) is 5.84. The van der Waals surface area contributed by atoms with Crippen molar-refractivity contribution in [3.8, 4) is 0 Å². The molecule has 1 unspecified atom stereocenters. The number of allylic oxidation sites excluding steroid dienone is 1. The van der Waals surface area contributed by atoms with E-state index < -0.39 is 0 Å². The van der Waals surface area contributed by atoms with Crippen LogP contribution in [0.1, 0.15) is 42.8 Å². The van der Waals surface area contributed by atoms with Crippen molar-refractivity contribution < 1.29 is 0 Å². The van der Waals surface area contributed by atoms with Crippen LogP contribution < -0.4 is 11.1 Å². The quantitative estimate of drug-likeness (QED) is 0.731. The fourth-order valence-electron chi connectivity index (χ4n) is 3.70. The smallest absolute Gasteiger partial charge is 0.135 e. The molecule has 1 saturated heterocycles. The zero-order valence-electron chi connectivity index (χ0n) is 17.8. The maximum absolute atomic E-state index is 6.04. The van der Waals surface area contributed by atoms with Crippen LogP contribution in [0.3, 0.4) is 0 Å². The summed E-state index contributed by atoms with van der Waals surface area (Å²) in [6.45, 7) is 8.76. The normalized spacial score (nSPS) is 18.7. The lowest BCUT2D eigenvalue weighted by Crippen LogP contribution is -2.36. The topological polar surface area (TPSA) is 92.3 Å². The standard InChI is InChI=1S/C22H31N7/c1-15-7-8-25-21(10-15)28-22-11-20(26-17(3)27-22)18-6-5-9-29(13-18)14-19(12-24-4)16(2)23/h7-8,10-12,18H,5-6,9,13-14,23H2,1-4H3,(H,25,26,27,28). The number of aryl methyl sites for hydroxylation is 2. The number of pyridine rings is 1. The van der Waals surface area contributed by atoms with Crippen molar-refractivity contribution in [3.63, 3.8) is 0 Å². The Morgan fingerprint density at radius 2 is 2.14 bits per heavy atom. The molecule has 0 saturated carbocycles. The van der Waals surface area contributed by atoms with Crippen molar-refractivity contribution in [1.82, 2.24) is 19.9 Å². The molecular weight excluding hydrogens is 362 g/mol. The molecule has 0 aromatic carbocycles. The van der Waals surface area contributed by atoms with Gasteiger partial charge in [-0.3, -0.25) is 9.89 Å². The number of piperidine rings is 1. The van der Waals surface area contributed by atoms with Crippen molar-refractivity contribution in [1.29, 1.82) is 0 Å². The number of likely N-dealkylation sites (tertiary alicyclic amines) is 1. The van der Waals surface area contributed by atoms with Gasteiger partial charge in [-0.15, -0.1) is 0 Å². The summed E-state index contributed by atoms with van der Waals surface area (Å²) in [4.78, 5) is 20.3. The fourth-order valence-corrected chi connectivity index (χ4v) is 3.70. The molecule has 0 aliphatic carbocycles. The summed E-state index contributed by atoms with van der Waals surface area (Å²) in [6.07, 6.45) is 5.92. The first-order valence-electron chi connectivity index (χ1n) is 10.1. The Labute approximate surface area is 173 Å². The molecule has 0 spiro atoms. The largest absolute Gasteiger partial charge is 0.402 e. The maximum Gasteiger partial charge on any atom is 0.135 e. The van der Waals surface area contributed by atoms with Gasteiger partial charge in [0, 0.05) is 55.8 Å². The summed E-state index contributed by atoms with van der Waals surface area (Å²) in [5, 5.41) is 3.32. The number of hydrogen-bond acceptors (Lipinski definition) is 7. The van der Waals surface area contributed by atoms with E-state index in [0.717, 1.165) is 72.5 Å². The van der Waals surface area contributed by atoms with Gasteiger partial charge in [0.1, 0.15) is 17.5 Å². The summed E-state index contributed by atoms with van der Waals surface area (Å²) in [6, 6.07) is 6.05. The highest BCUT2D eigenvalue weighted by Gasteiger charge is 2.24. The van der Waals surface area contributed by atoms with Crippen molar-refractivity contribution in [2.75, 3.05) is 32.0 Å². The molecule has 1 aliphatic rings. The first-order chi connectivity index (χ1) is 13.9. The van der Waals surface area contributed by atoms with Crippen LogP contribution in [-0.2, 0) is 0 Å². The summed E-state index contributed by atoms with van der Waals surface area (Å²) in [5.74, 6) is 2.73. The van der Waals surface area contributed by atoms with Crippen molar-refractivity contribution >= 4 is 17.9 Å². The highest BCUT2D eigenvalue weighted by molar-refractivity contribution is 5.79. The number of aromatic nitrogens is 3. The first kappa shape index (κ1) is 20.9. The van der Waals surface area contributed by atoms with Crippen LogP contribution in [0.15, 0.2) is 40.7 Å². The van der Waals surface area contributed by atoms with E-state index in [0.29, 0.717) is 5.92 Å². The predicted octanol–water partition coefficient (Wildman–Crippen LogP) is 3.34. The number of anilines is 2. The molecule has 154 valence electrons. The Kier molecular flexibility index (Phi) is 6.93. The van der Waals surface area contributed by atoms with Gasteiger partial charge in [0.25, 0.3) is 0 Å². The van der Waals surface area contributed by atoms with Gasteiger partial charge >= 0.3 is 0 Å². The van der Waals surface area contributed by atoms with Crippen LogP contribution >= 0.6 is 0 Å². The maximum atomic E-state index is 6.04. The lowest BCUT2D eigenvalue weighted by atomic mass is 9.94. The minimum atomic E-state index is 0.370. The SMILES string of the molecule is CN=CC(CN1CCCC(c2cc(Nc3cc(C)ccn3)nc(C)n2)C1)=C(C)N. The molecule has 1 fully saturated rings. The van der Waals surface area contributed by atoms with Crippen LogP contribution in [0.4, 0.5) is 11.6 Å². The van der Waals surface area contributed by atoms with Gasteiger partial charge in [-0.25, -0.2) is 15.0 Å². The lowest BCUT2D eigenvalue weighted by Gasteiger charge is -2.33. The van der Waals surface area contributed by atoms with Crippen LogP contribution in [0, 0.1) is 13.8 Å². The molecule has 0 amide bonds. The summed E-state index contributed by atoms with van der Waals surface area (Å²) < 4.78 is 0. The highest BCUT2D eigenvalue weighted by Crippen LogP contribution is 2.28. The molecular formula is C22H31N7. The Balaban J connectivity index is 1.75. The van der Waals surface area contributed by atoms with Crippen molar-refractivity contribution in [2.45, 2.75) is 39.5 Å². The van der Waals surface area contributed by atoms with Gasteiger partial charge in [-0.1, -0.05) is 0 Å². The summed E-state index contributed by atoms with van der Waals surface area (Å²) in [5.41, 5.74) is 10.2. The van der Waals surface area contributed by atoms with Crippen LogP contribution in [-0.4, -0.2) is 52.7 Å². The molecule has 1 atom stereocenters. The second-order valence-corrected chi connectivity index (χ2v) is 7.74. The van der Waals surface area contributed by atoms with E-state index in [1.165, 1.54) is 0 Å². The van der Waals surface area contributed by atoms with Gasteiger partial charge < -0.3 is 11.1 Å². The molecule has 29 heavy (non-hydrogen) atoms. The molecule has 3 heterocycles. The van der Waals surface area contributed by atoms with E-state index in [1.54, 1.807) is 13.2 Å². The molecule has 7 heteroatoms. The van der Waals surface area contributed by atoms with Crippen LogP contribution in [0.25, 0.3) is 0 Å². The van der Waals surface area contributed by atoms with E-state index in [4.69, 9.17) is 10.7 Å². The molecule has 2 aromatic rings. The van der Waals surface area contributed by atoms with Crippen LogP contribution in [0.5, 0.6) is 0 Å². The van der Waals surface area contributed by atoms with Gasteiger partial charge in [0.2, 0.25) is 0 Å². The molecule has 7 nitrogen and oxygen atoms in total. The molecule has 0 bridgehead atoms. The Morgan fingerprint density at radius 3 is 2.86 bits per heavy atom. The summed E-state index contributed by atoms with van der Waals surface area (Å²) in [7, 11) is 1.78. The zero-order chi connectivity index (χ0) is 20.8. The van der Waals surface area contributed by atoms with E-state index in [9.17, 15) is 0 Å². The van der Waals surface area contributed by atoms with Gasteiger partial charge in [-0.05, 0) is 57.9 Å². The van der Waals surface area contributed by atoms with E-state index in [-0.39, 0.29) is 0 Å². The average molecular weight is 394 g/mol. The molecule has 3 N–H and O–H groups in total. The number of rotatable bonds is 6. The Bertz CT molecular complexity index is 900. The monoisotopic (exact) mass is 393 g/mol. The van der Waals surface area contributed by atoms with E-state index >= 15 is 0 Å². The number of nitrogens with two attached hydrogens (primary N) is 1. The van der Waals surface area contributed by atoms with Gasteiger partial charge in [0.05, 0.1) is 5.69 Å². The molecule has 3 rings (SSSR count). The highest BCUT2D eigenvalue weighted by atomic mass is 15.1. The minimum Gasteiger partial charge on any atom is -0.402 e. The second-order valence-electron chi connectivity index (χ2n) is 7.74.